The van der Waals surface area contributed by atoms with Crippen molar-refractivity contribution in [2.45, 2.75) is 46.6 Å². The molecule has 3 nitrogen and oxygen atoms in total. The Morgan fingerprint density at radius 3 is 2.00 bits per heavy atom. The molecule has 0 saturated heterocycles. The number of carboxylic acids is 1. The van der Waals surface area contributed by atoms with Gasteiger partial charge in [-0.1, -0.05) is 33.6 Å². The van der Waals surface area contributed by atoms with Crippen LogP contribution in [0.4, 0.5) is 0 Å². The van der Waals surface area contributed by atoms with Crippen LogP contribution >= 0.6 is 0 Å². The molecular formula is C14H25NO2. The summed E-state index contributed by atoms with van der Waals surface area (Å²) < 4.78 is 0. The topological polar surface area (TPSA) is 40.5 Å². The van der Waals surface area contributed by atoms with E-state index < -0.39 is 5.97 Å². The molecule has 0 bridgehead atoms. The third-order valence-electron chi connectivity index (χ3n) is 2.64. The van der Waals surface area contributed by atoms with Gasteiger partial charge in [0.1, 0.15) is 0 Å². The van der Waals surface area contributed by atoms with Gasteiger partial charge >= 0.3 is 5.97 Å². The van der Waals surface area contributed by atoms with Gasteiger partial charge in [0.15, 0.2) is 0 Å². The summed E-state index contributed by atoms with van der Waals surface area (Å²) >= 11 is 0. The number of terminal acetylenes is 1. The number of rotatable bonds is 8. The zero-order valence-electron chi connectivity index (χ0n) is 11.4. The van der Waals surface area contributed by atoms with Gasteiger partial charge in [-0.3, -0.25) is 9.69 Å². The molecule has 0 rings (SSSR count). The van der Waals surface area contributed by atoms with Gasteiger partial charge < -0.3 is 5.11 Å². The minimum Gasteiger partial charge on any atom is -0.480 e. The first-order chi connectivity index (χ1) is 7.86. The molecule has 0 aliphatic heterocycles. The van der Waals surface area contributed by atoms with Gasteiger partial charge in [0, 0.05) is 6.04 Å². The van der Waals surface area contributed by atoms with Crippen LogP contribution in [0.3, 0.4) is 0 Å². The first-order valence-electron chi connectivity index (χ1n) is 6.26. The molecule has 0 atom stereocenters. The summed E-state index contributed by atoms with van der Waals surface area (Å²) in [5.74, 6) is 2.85. The Morgan fingerprint density at radius 2 is 1.71 bits per heavy atom. The average Bonchev–Trinajstić information content (AvgIpc) is 2.13. The van der Waals surface area contributed by atoms with Gasteiger partial charge in [-0.25, -0.2) is 0 Å². The van der Waals surface area contributed by atoms with Crippen LogP contribution in [-0.2, 0) is 4.79 Å². The largest absolute Gasteiger partial charge is 0.480 e. The van der Waals surface area contributed by atoms with Crippen molar-refractivity contribution in [1.29, 1.82) is 0 Å². The molecule has 17 heavy (non-hydrogen) atoms. The van der Waals surface area contributed by atoms with E-state index in [0.717, 1.165) is 12.8 Å². The molecule has 0 fully saturated rings. The highest BCUT2D eigenvalue weighted by molar-refractivity contribution is 5.69. The van der Waals surface area contributed by atoms with E-state index in [9.17, 15) is 4.79 Å². The molecular weight excluding hydrogens is 214 g/mol. The van der Waals surface area contributed by atoms with Crippen LogP contribution in [0.2, 0.25) is 0 Å². The molecule has 3 heteroatoms. The van der Waals surface area contributed by atoms with Crippen molar-refractivity contribution in [3.63, 3.8) is 0 Å². The summed E-state index contributed by atoms with van der Waals surface area (Å²) in [4.78, 5) is 12.8. The second-order valence-corrected chi connectivity index (χ2v) is 5.42. The van der Waals surface area contributed by atoms with Crippen LogP contribution in [-0.4, -0.2) is 35.1 Å². The number of nitrogens with zero attached hydrogens (tertiary/aromatic N) is 1. The SMILES string of the molecule is C#CCN(CC(=O)O)C(CC(C)C)CC(C)C. The fourth-order valence-electron chi connectivity index (χ4n) is 2.09. The summed E-state index contributed by atoms with van der Waals surface area (Å²) in [5, 5.41) is 8.92. The molecule has 0 aromatic heterocycles. The van der Waals surface area contributed by atoms with Gasteiger partial charge in [-0.05, 0) is 24.7 Å². The van der Waals surface area contributed by atoms with Crippen molar-refractivity contribution in [3.8, 4) is 12.3 Å². The molecule has 0 aromatic carbocycles. The van der Waals surface area contributed by atoms with Crippen LogP contribution in [0, 0.1) is 24.2 Å². The Hall–Kier alpha value is -1.01. The van der Waals surface area contributed by atoms with Crippen LogP contribution in [0.15, 0.2) is 0 Å². The highest BCUT2D eigenvalue weighted by Gasteiger charge is 2.22. The Balaban J connectivity index is 4.66. The second kappa shape index (κ2) is 8.14. The lowest BCUT2D eigenvalue weighted by atomic mass is 9.94. The highest BCUT2D eigenvalue weighted by atomic mass is 16.4. The van der Waals surface area contributed by atoms with E-state index >= 15 is 0 Å². The predicted octanol–water partition coefficient (Wildman–Crippen LogP) is 2.47. The summed E-state index contributed by atoms with van der Waals surface area (Å²) in [6.45, 7) is 9.07. The number of hydrogen-bond acceptors (Lipinski definition) is 2. The van der Waals surface area contributed by atoms with Gasteiger partial charge in [-0.2, -0.15) is 0 Å². The molecule has 0 aliphatic carbocycles. The average molecular weight is 239 g/mol. The third-order valence-corrected chi connectivity index (χ3v) is 2.64. The van der Waals surface area contributed by atoms with Gasteiger partial charge in [0.25, 0.3) is 0 Å². The minimum absolute atomic E-state index is 0.0360. The van der Waals surface area contributed by atoms with Crippen molar-refractivity contribution < 1.29 is 9.90 Å². The Labute approximate surface area is 105 Å². The first kappa shape index (κ1) is 16.0. The Morgan fingerprint density at radius 1 is 1.24 bits per heavy atom. The van der Waals surface area contributed by atoms with Crippen molar-refractivity contribution >= 4 is 5.97 Å². The molecule has 0 aromatic rings. The molecule has 0 unspecified atom stereocenters. The van der Waals surface area contributed by atoms with E-state index in [4.69, 9.17) is 11.5 Å². The minimum atomic E-state index is -0.808. The van der Waals surface area contributed by atoms with E-state index in [2.05, 4.69) is 33.6 Å². The predicted molar refractivity (Wildman–Crippen MR) is 70.7 cm³/mol. The lowest BCUT2D eigenvalue weighted by Crippen LogP contribution is -2.41. The van der Waals surface area contributed by atoms with E-state index in [-0.39, 0.29) is 12.6 Å². The zero-order valence-corrected chi connectivity index (χ0v) is 11.4. The molecule has 0 spiro atoms. The summed E-state index contributed by atoms with van der Waals surface area (Å²) in [6.07, 6.45) is 7.31. The maximum absolute atomic E-state index is 10.9. The van der Waals surface area contributed by atoms with Crippen molar-refractivity contribution in [2.24, 2.45) is 11.8 Å². The van der Waals surface area contributed by atoms with Crippen LogP contribution in [0.5, 0.6) is 0 Å². The van der Waals surface area contributed by atoms with Crippen molar-refractivity contribution in [1.82, 2.24) is 4.90 Å². The lowest BCUT2D eigenvalue weighted by molar-refractivity contribution is -0.138. The molecule has 0 heterocycles. The molecule has 0 saturated carbocycles. The van der Waals surface area contributed by atoms with Crippen LogP contribution < -0.4 is 0 Å². The third kappa shape index (κ3) is 7.82. The lowest BCUT2D eigenvalue weighted by Gasteiger charge is -2.31. The summed E-state index contributed by atoms with van der Waals surface area (Å²) in [5.41, 5.74) is 0. The van der Waals surface area contributed by atoms with Crippen LogP contribution in [0.1, 0.15) is 40.5 Å². The second-order valence-electron chi connectivity index (χ2n) is 5.42. The summed E-state index contributed by atoms with van der Waals surface area (Å²) in [6, 6.07) is 0.266. The maximum Gasteiger partial charge on any atom is 0.317 e. The first-order valence-corrected chi connectivity index (χ1v) is 6.26. The monoisotopic (exact) mass is 239 g/mol. The molecule has 0 aliphatic rings. The smallest absolute Gasteiger partial charge is 0.317 e. The van der Waals surface area contributed by atoms with Gasteiger partial charge in [0.05, 0.1) is 13.1 Å². The highest BCUT2D eigenvalue weighted by Crippen LogP contribution is 2.18. The van der Waals surface area contributed by atoms with Crippen molar-refractivity contribution in [3.05, 3.63) is 0 Å². The molecule has 1 N–H and O–H groups in total. The number of carbonyl (C=O) groups is 1. The Kier molecular flexibility index (Phi) is 7.65. The van der Waals surface area contributed by atoms with Crippen LogP contribution in [0.25, 0.3) is 0 Å². The normalized spacial score (nSPS) is 11.5. The fraction of sp³-hybridized carbons (Fsp3) is 0.786. The van der Waals surface area contributed by atoms with Crippen molar-refractivity contribution in [2.75, 3.05) is 13.1 Å². The van der Waals surface area contributed by atoms with Gasteiger partial charge in [0.2, 0.25) is 0 Å². The summed E-state index contributed by atoms with van der Waals surface area (Å²) in [7, 11) is 0. The van der Waals surface area contributed by atoms with E-state index in [0.29, 0.717) is 18.4 Å². The fourth-order valence-corrected chi connectivity index (χ4v) is 2.09. The molecule has 0 radical (unpaired) electrons. The maximum atomic E-state index is 10.9. The molecule has 98 valence electrons. The Bertz CT molecular complexity index is 256. The van der Waals surface area contributed by atoms with Gasteiger partial charge in [-0.15, -0.1) is 6.42 Å². The standard InChI is InChI=1S/C14H25NO2/c1-6-7-15(10-14(16)17)13(8-11(2)3)9-12(4)5/h1,11-13H,7-10H2,2-5H3,(H,16,17). The zero-order chi connectivity index (χ0) is 13.4. The molecule has 0 amide bonds. The van der Waals surface area contributed by atoms with E-state index in [1.807, 2.05) is 4.90 Å². The quantitative estimate of drug-likeness (QED) is 0.661. The van der Waals surface area contributed by atoms with E-state index in [1.165, 1.54) is 0 Å². The number of hydrogen-bond donors (Lipinski definition) is 1. The van der Waals surface area contributed by atoms with E-state index in [1.54, 1.807) is 0 Å². The number of carboxylic acid groups (broad SMARTS) is 1. The number of aliphatic carboxylic acids is 1.